The lowest BCUT2D eigenvalue weighted by atomic mass is 10.1. The molecular weight excluding hydrogens is 362 g/mol. The topological polar surface area (TPSA) is 28.7 Å². The zero-order valence-electron chi connectivity index (χ0n) is 6.89. The number of benzene rings is 1. The van der Waals surface area contributed by atoms with E-state index < -0.39 is 0 Å². The van der Waals surface area contributed by atoms with Crippen molar-refractivity contribution in [3.8, 4) is 11.3 Å². The maximum absolute atomic E-state index is 13.4. The summed E-state index contributed by atoms with van der Waals surface area (Å²) < 4.78 is 15.2. The molecule has 0 aliphatic heterocycles. The van der Waals surface area contributed by atoms with Crippen molar-refractivity contribution in [2.45, 2.75) is 0 Å². The Morgan fingerprint density at radius 3 is 2.86 bits per heavy atom. The van der Waals surface area contributed by atoms with Gasteiger partial charge >= 0.3 is 0 Å². The number of nitrogens with zero attached hydrogens (tertiary/aromatic N) is 1. The summed E-state index contributed by atoms with van der Waals surface area (Å²) in [6, 6.07) is 4.82. The molecular formula is C9H5BrFIN2. The molecule has 2 rings (SSSR count). The SMILES string of the molecule is Fc1ccc(Br)cc1-c1[nH]ncc1I. The standard InChI is InChI=1S/C9H5BrFIN2/c10-5-1-2-7(11)6(3-5)9-8(12)4-13-14-9/h1-4H,(H,13,14). The van der Waals surface area contributed by atoms with Gasteiger partial charge in [0.05, 0.1) is 15.5 Å². The zero-order valence-corrected chi connectivity index (χ0v) is 10.6. The van der Waals surface area contributed by atoms with E-state index in [0.717, 1.165) is 8.04 Å². The Hall–Kier alpha value is -0.430. The molecule has 2 aromatic rings. The minimum atomic E-state index is -0.254. The second-order valence-corrected chi connectivity index (χ2v) is 4.79. The van der Waals surface area contributed by atoms with Gasteiger partial charge in [-0.05, 0) is 40.8 Å². The highest BCUT2D eigenvalue weighted by Crippen LogP contribution is 2.27. The van der Waals surface area contributed by atoms with Crippen LogP contribution in [0.5, 0.6) is 0 Å². The van der Waals surface area contributed by atoms with Crippen LogP contribution in [0.4, 0.5) is 4.39 Å². The van der Waals surface area contributed by atoms with Crippen molar-refractivity contribution in [2.75, 3.05) is 0 Å². The summed E-state index contributed by atoms with van der Waals surface area (Å²) in [6.07, 6.45) is 1.66. The van der Waals surface area contributed by atoms with E-state index in [9.17, 15) is 4.39 Å². The zero-order chi connectivity index (χ0) is 10.1. The van der Waals surface area contributed by atoms with E-state index in [1.165, 1.54) is 6.07 Å². The molecule has 0 fully saturated rings. The van der Waals surface area contributed by atoms with Gasteiger partial charge in [0.2, 0.25) is 0 Å². The minimum absolute atomic E-state index is 0.254. The lowest BCUT2D eigenvalue weighted by Gasteiger charge is -2.01. The minimum Gasteiger partial charge on any atom is -0.277 e. The number of aromatic amines is 1. The molecule has 2 nitrogen and oxygen atoms in total. The number of aromatic nitrogens is 2. The van der Waals surface area contributed by atoms with Crippen LogP contribution in [0.15, 0.2) is 28.9 Å². The van der Waals surface area contributed by atoms with Crippen molar-refractivity contribution < 1.29 is 4.39 Å². The van der Waals surface area contributed by atoms with Crippen LogP contribution >= 0.6 is 38.5 Å². The summed E-state index contributed by atoms with van der Waals surface area (Å²) in [7, 11) is 0. The molecule has 0 radical (unpaired) electrons. The van der Waals surface area contributed by atoms with Crippen LogP contribution in [0.2, 0.25) is 0 Å². The number of H-pyrrole nitrogens is 1. The average molecular weight is 367 g/mol. The Labute approximate surface area is 102 Å². The average Bonchev–Trinajstić information content (AvgIpc) is 2.56. The molecule has 1 heterocycles. The van der Waals surface area contributed by atoms with Gasteiger partial charge in [0, 0.05) is 10.0 Å². The number of halogens is 3. The lowest BCUT2D eigenvalue weighted by molar-refractivity contribution is 0.630. The lowest BCUT2D eigenvalue weighted by Crippen LogP contribution is -1.86. The van der Waals surface area contributed by atoms with E-state index >= 15 is 0 Å². The summed E-state index contributed by atoms with van der Waals surface area (Å²) in [4.78, 5) is 0. The van der Waals surface area contributed by atoms with Crippen molar-refractivity contribution >= 4 is 38.5 Å². The third-order valence-corrected chi connectivity index (χ3v) is 3.10. The molecule has 0 atom stereocenters. The Morgan fingerprint density at radius 1 is 1.43 bits per heavy atom. The Bertz CT molecular complexity index is 470. The predicted molar refractivity (Wildman–Crippen MR) is 64.4 cm³/mol. The molecule has 0 saturated carbocycles. The third-order valence-electron chi connectivity index (χ3n) is 1.79. The van der Waals surface area contributed by atoms with E-state index in [1.807, 2.05) is 0 Å². The maximum atomic E-state index is 13.4. The fourth-order valence-electron chi connectivity index (χ4n) is 1.15. The van der Waals surface area contributed by atoms with Gasteiger partial charge in [-0.3, -0.25) is 5.10 Å². The van der Waals surface area contributed by atoms with Crippen LogP contribution in [-0.2, 0) is 0 Å². The van der Waals surface area contributed by atoms with Crippen LogP contribution in [0.1, 0.15) is 0 Å². The van der Waals surface area contributed by atoms with Gasteiger partial charge in [0.15, 0.2) is 0 Å². The molecule has 1 aromatic carbocycles. The monoisotopic (exact) mass is 366 g/mol. The Kier molecular flexibility index (Phi) is 2.87. The molecule has 0 amide bonds. The fraction of sp³-hybridized carbons (Fsp3) is 0. The molecule has 0 spiro atoms. The molecule has 14 heavy (non-hydrogen) atoms. The summed E-state index contributed by atoms with van der Waals surface area (Å²) in [6.45, 7) is 0. The van der Waals surface area contributed by atoms with Gasteiger partial charge < -0.3 is 0 Å². The summed E-state index contributed by atoms with van der Waals surface area (Å²) in [5.41, 5.74) is 1.24. The van der Waals surface area contributed by atoms with Crippen LogP contribution in [0.3, 0.4) is 0 Å². The number of rotatable bonds is 1. The van der Waals surface area contributed by atoms with Crippen molar-refractivity contribution in [1.29, 1.82) is 0 Å². The first-order valence-electron chi connectivity index (χ1n) is 3.83. The van der Waals surface area contributed by atoms with Crippen molar-refractivity contribution in [3.63, 3.8) is 0 Å². The summed E-state index contributed by atoms with van der Waals surface area (Å²) in [5.74, 6) is -0.254. The molecule has 5 heteroatoms. The fourth-order valence-corrected chi connectivity index (χ4v) is 2.06. The highest BCUT2D eigenvalue weighted by atomic mass is 127. The number of nitrogens with one attached hydrogen (secondary N) is 1. The van der Waals surface area contributed by atoms with E-state index in [2.05, 4.69) is 48.7 Å². The predicted octanol–water partition coefficient (Wildman–Crippen LogP) is 3.58. The molecule has 0 bridgehead atoms. The summed E-state index contributed by atoms with van der Waals surface area (Å²) >= 11 is 5.41. The van der Waals surface area contributed by atoms with Crippen LogP contribution in [-0.4, -0.2) is 10.2 Å². The van der Waals surface area contributed by atoms with E-state index in [4.69, 9.17) is 0 Å². The maximum Gasteiger partial charge on any atom is 0.132 e. The van der Waals surface area contributed by atoms with E-state index in [0.29, 0.717) is 11.3 Å². The molecule has 1 aromatic heterocycles. The van der Waals surface area contributed by atoms with Crippen molar-refractivity contribution in [3.05, 3.63) is 38.3 Å². The largest absolute Gasteiger partial charge is 0.277 e. The highest BCUT2D eigenvalue weighted by Gasteiger charge is 2.10. The van der Waals surface area contributed by atoms with Gasteiger partial charge in [0.1, 0.15) is 5.82 Å². The van der Waals surface area contributed by atoms with E-state index in [1.54, 1.807) is 18.3 Å². The van der Waals surface area contributed by atoms with Crippen LogP contribution in [0, 0.1) is 9.39 Å². The first kappa shape index (κ1) is 10.1. The first-order valence-corrected chi connectivity index (χ1v) is 5.70. The van der Waals surface area contributed by atoms with Crippen LogP contribution < -0.4 is 0 Å². The number of hydrogen-bond donors (Lipinski definition) is 1. The third kappa shape index (κ3) is 1.83. The molecule has 1 N–H and O–H groups in total. The molecule has 0 aliphatic rings. The molecule has 0 unspecified atom stereocenters. The van der Waals surface area contributed by atoms with Crippen molar-refractivity contribution in [1.82, 2.24) is 10.2 Å². The van der Waals surface area contributed by atoms with Gasteiger partial charge in [-0.25, -0.2) is 4.39 Å². The Balaban J connectivity index is 2.62. The molecule has 0 saturated heterocycles. The van der Waals surface area contributed by atoms with Gasteiger partial charge in [0.25, 0.3) is 0 Å². The van der Waals surface area contributed by atoms with Gasteiger partial charge in [-0.2, -0.15) is 5.10 Å². The van der Waals surface area contributed by atoms with Gasteiger partial charge in [-0.15, -0.1) is 0 Å². The molecule has 72 valence electrons. The quantitative estimate of drug-likeness (QED) is 0.768. The Morgan fingerprint density at radius 2 is 2.21 bits per heavy atom. The van der Waals surface area contributed by atoms with Crippen molar-refractivity contribution in [2.24, 2.45) is 0 Å². The normalized spacial score (nSPS) is 10.5. The smallest absolute Gasteiger partial charge is 0.132 e. The first-order chi connectivity index (χ1) is 6.68. The van der Waals surface area contributed by atoms with E-state index in [-0.39, 0.29) is 5.82 Å². The summed E-state index contributed by atoms with van der Waals surface area (Å²) in [5, 5.41) is 6.63. The molecule has 0 aliphatic carbocycles. The van der Waals surface area contributed by atoms with Gasteiger partial charge in [-0.1, -0.05) is 15.9 Å². The highest BCUT2D eigenvalue weighted by molar-refractivity contribution is 14.1. The number of hydrogen-bond acceptors (Lipinski definition) is 1. The second-order valence-electron chi connectivity index (χ2n) is 2.72. The van der Waals surface area contributed by atoms with Crippen LogP contribution in [0.25, 0.3) is 11.3 Å². The second kappa shape index (κ2) is 3.98.